The molecule has 1 heterocycles. The summed E-state index contributed by atoms with van der Waals surface area (Å²) in [5, 5.41) is 11.0. The summed E-state index contributed by atoms with van der Waals surface area (Å²) in [7, 11) is 0. The predicted octanol–water partition coefficient (Wildman–Crippen LogP) is 4.15. The van der Waals surface area contributed by atoms with Gasteiger partial charge in [0.15, 0.2) is 5.78 Å². The number of carbonyl (C=O) groups is 2. The fourth-order valence-corrected chi connectivity index (χ4v) is 2.93. The second kappa shape index (κ2) is 8.64. The molecule has 27 heavy (non-hydrogen) atoms. The number of ketones is 1. The average molecular weight is 381 g/mol. The van der Waals surface area contributed by atoms with Crippen LogP contribution in [0.4, 0.5) is 5.69 Å². The number of hydrogen-bond donors (Lipinski definition) is 1. The molecule has 0 bridgehead atoms. The first-order valence-electron chi connectivity index (χ1n) is 8.49. The van der Waals surface area contributed by atoms with E-state index in [9.17, 15) is 9.59 Å². The number of amides is 1. The van der Waals surface area contributed by atoms with Gasteiger partial charge in [-0.05, 0) is 12.1 Å². The highest BCUT2D eigenvalue weighted by atomic mass is 32.2. The second-order valence-corrected chi connectivity index (χ2v) is 7.07. The van der Waals surface area contributed by atoms with Crippen molar-refractivity contribution in [3.05, 3.63) is 71.6 Å². The van der Waals surface area contributed by atoms with Crippen molar-refractivity contribution >= 4 is 29.1 Å². The van der Waals surface area contributed by atoms with Gasteiger partial charge >= 0.3 is 0 Å². The number of benzene rings is 2. The van der Waals surface area contributed by atoms with Crippen LogP contribution in [0.25, 0.3) is 0 Å². The fourth-order valence-electron chi connectivity index (χ4n) is 2.36. The van der Waals surface area contributed by atoms with Crippen LogP contribution in [0.15, 0.2) is 64.2 Å². The van der Waals surface area contributed by atoms with E-state index in [2.05, 4.69) is 15.5 Å². The zero-order valence-electron chi connectivity index (χ0n) is 15.0. The van der Waals surface area contributed by atoms with Crippen molar-refractivity contribution in [2.24, 2.45) is 0 Å². The molecule has 0 aliphatic carbocycles. The van der Waals surface area contributed by atoms with Crippen LogP contribution in [0.5, 0.6) is 0 Å². The van der Waals surface area contributed by atoms with E-state index in [0.29, 0.717) is 27.9 Å². The summed E-state index contributed by atoms with van der Waals surface area (Å²) in [5.41, 5.74) is 1.49. The normalized spacial score (nSPS) is 10.8. The highest BCUT2D eigenvalue weighted by Crippen LogP contribution is 2.22. The summed E-state index contributed by atoms with van der Waals surface area (Å²) >= 11 is 1.16. The van der Waals surface area contributed by atoms with Gasteiger partial charge in [0.05, 0.1) is 11.4 Å². The van der Waals surface area contributed by atoms with E-state index < -0.39 is 0 Å². The van der Waals surface area contributed by atoms with Crippen molar-refractivity contribution < 1.29 is 14.0 Å². The van der Waals surface area contributed by atoms with E-state index in [1.807, 2.05) is 19.9 Å². The van der Waals surface area contributed by atoms with Crippen LogP contribution < -0.4 is 5.32 Å². The molecule has 1 N–H and O–H groups in total. The van der Waals surface area contributed by atoms with Gasteiger partial charge in [0.2, 0.25) is 11.8 Å². The van der Waals surface area contributed by atoms with Crippen LogP contribution in [0.2, 0.25) is 0 Å². The molecule has 0 atom stereocenters. The zero-order valence-corrected chi connectivity index (χ0v) is 15.8. The summed E-state index contributed by atoms with van der Waals surface area (Å²) in [6.07, 6.45) is 0. The topological polar surface area (TPSA) is 85.1 Å². The van der Waals surface area contributed by atoms with E-state index in [0.717, 1.165) is 11.8 Å². The Balaban J connectivity index is 1.66. The SMILES string of the molecule is CC(C)c1nnc(SCC(=O)Nc2ccccc2C(=O)c2ccccc2)o1. The third kappa shape index (κ3) is 4.83. The zero-order chi connectivity index (χ0) is 19.2. The number of nitrogens with one attached hydrogen (secondary N) is 1. The smallest absolute Gasteiger partial charge is 0.277 e. The molecular formula is C20H19N3O3S. The Morgan fingerprint density at radius 3 is 2.44 bits per heavy atom. The van der Waals surface area contributed by atoms with E-state index in [4.69, 9.17) is 4.42 Å². The lowest BCUT2D eigenvalue weighted by molar-refractivity contribution is -0.113. The van der Waals surface area contributed by atoms with Gasteiger partial charge in [0.25, 0.3) is 5.22 Å². The fraction of sp³-hybridized carbons (Fsp3) is 0.200. The molecule has 1 aromatic heterocycles. The second-order valence-electron chi connectivity index (χ2n) is 6.14. The monoisotopic (exact) mass is 381 g/mol. The lowest BCUT2D eigenvalue weighted by atomic mass is 10.0. The number of rotatable bonds is 7. The molecule has 3 aromatic rings. The molecule has 0 radical (unpaired) electrons. The lowest BCUT2D eigenvalue weighted by Gasteiger charge is -2.10. The average Bonchev–Trinajstić information content (AvgIpc) is 3.16. The molecule has 0 unspecified atom stereocenters. The number of carbonyl (C=O) groups excluding carboxylic acids is 2. The minimum absolute atomic E-state index is 0.105. The van der Waals surface area contributed by atoms with Gasteiger partial charge in [-0.25, -0.2) is 0 Å². The molecule has 0 aliphatic rings. The largest absolute Gasteiger partial charge is 0.416 e. The molecule has 0 saturated heterocycles. The lowest BCUT2D eigenvalue weighted by Crippen LogP contribution is -2.17. The maximum atomic E-state index is 12.7. The van der Waals surface area contributed by atoms with Gasteiger partial charge in [0.1, 0.15) is 0 Å². The van der Waals surface area contributed by atoms with Crippen molar-refractivity contribution in [3.63, 3.8) is 0 Å². The van der Waals surface area contributed by atoms with Crippen LogP contribution in [-0.4, -0.2) is 27.6 Å². The Labute approximate surface area is 161 Å². The predicted molar refractivity (Wildman–Crippen MR) is 104 cm³/mol. The standard InChI is InChI=1S/C20H19N3O3S/c1-13(2)19-22-23-20(26-19)27-12-17(24)21-16-11-7-6-10-15(16)18(25)14-8-4-3-5-9-14/h3-11,13H,12H2,1-2H3,(H,21,24). The van der Waals surface area contributed by atoms with E-state index in [1.165, 1.54) is 0 Å². The maximum Gasteiger partial charge on any atom is 0.277 e. The molecular weight excluding hydrogens is 362 g/mol. The Morgan fingerprint density at radius 2 is 1.74 bits per heavy atom. The van der Waals surface area contributed by atoms with Gasteiger partial charge in [-0.3, -0.25) is 9.59 Å². The molecule has 2 aromatic carbocycles. The van der Waals surface area contributed by atoms with Crippen LogP contribution in [-0.2, 0) is 4.79 Å². The van der Waals surface area contributed by atoms with Gasteiger partial charge in [-0.2, -0.15) is 0 Å². The minimum Gasteiger partial charge on any atom is -0.416 e. The highest BCUT2D eigenvalue weighted by molar-refractivity contribution is 7.99. The first kappa shape index (κ1) is 18.8. The summed E-state index contributed by atoms with van der Waals surface area (Å²) in [4.78, 5) is 25.0. The number of aromatic nitrogens is 2. The van der Waals surface area contributed by atoms with Crippen LogP contribution in [0.3, 0.4) is 0 Å². The number of anilines is 1. The highest BCUT2D eigenvalue weighted by Gasteiger charge is 2.16. The molecule has 7 heteroatoms. The Morgan fingerprint density at radius 1 is 1.04 bits per heavy atom. The minimum atomic E-state index is -0.252. The summed E-state index contributed by atoms with van der Waals surface area (Å²) in [6.45, 7) is 3.91. The third-order valence-corrected chi connectivity index (χ3v) is 4.54. The van der Waals surface area contributed by atoms with E-state index in [-0.39, 0.29) is 23.4 Å². The van der Waals surface area contributed by atoms with Crippen molar-refractivity contribution in [2.45, 2.75) is 25.0 Å². The third-order valence-electron chi connectivity index (χ3n) is 3.72. The Bertz CT molecular complexity index is 938. The molecule has 1 amide bonds. The van der Waals surface area contributed by atoms with Gasteiger partial charge in [-0.15, -0.1) is 10.2 Å². The van der Waals surface area contributed by atoms with Crippen LogP contribution >= 0.6 is 11.8 Å². The van der Waals surface area contributed by atoms with Crippen molar-refractivity contribution in [2.75, 3.05) is 11.1 Å². The molecule has 0 aliphatic heterocycles. The Kier molecular flexibility index (Phi) is 6.03. The van der Waals surface area contributed by atoms with Gasteiger partial charge in [-0.1, -0.05) is 68.1 Å². The number of hydrogen-bond acceptors (Lipinski definition) is 6. The molecule has 0 fully saturated rings. The Hall–Kier alpha value is -2.93. The van der Waals surface area contributed by atoms with Gasteiger partial charge < -0.3 is 9.73 Å². The van der Waals surface area contributed by atoms with Crippen LogP contribution in [0, 0.1) is 0 Å². The quantitative estimate of drug-likeness (QED) is 0.489. The summed E-state index contributed by atoms with van der Waals surface area (Å²) in [6, 6.07) is 15.9. The van der Waals surface area contributed by atoms with Crippen molar-refractivity contribution in [3.8, 4) is 0 Å². The summed E-state index contributed by atoms with van der Waals surface area (Å²) < 4.78 is 5.47. The molecule has 138 valence electrons. The van der Waals surface area contributed by atoms with Gasteiger partial charge in [0, 0.05) is 17.0 Å². The molecule has 0 spiro atoms. The molecule has 6 nitrogen and oxygen atoms in total. The van der Waals surface area contributed by atoms with E-state index >= 15 is 0 Å². The van der Waals surface area contributed by atoms with Crippen molar-refractivity contribution in [1.82, 2.24) is 10.2 Å². The van der Waals surface area contributed by atoms with E-state index in [1.54, 1.807) is 48.5 Å². The first-order chi connectivity index (χ1) is 13.0. The first-order valence-corrected chi connectivity index (χ1v) is 9.48. The van der Waals surface area contributed by atoms with Crippen LogP contribution in [0.1, 0.15) is 41.6 Å². The number of nitrogens with zero attached hydrogens (tertiary/aromatic N) is 2. The summed E-state index contributed by atoms with van der Waals surface area (Å²) in [5.74, 6) is 0.386. The molecule has 3 rings (SSSR count). The molecule has 0 saturated carbocycles. The maximum absolute atomic E-state index is 12.7. The van der Waals surface area contributed by atoms with Crippen molar-refractivity contribution in [1.29, 1.82) is 0 Å². The number of thioether (sulfide) groups is 1. The number of para-hydroxylation sites is 1.